The number of aliphatic carboxylic acids is 1. The molecule has 0 bridgehead atoms. The summed E-state index contributed by atoms with van der Waals surface area (Å²) in [6.07, 6.45) is -3.47. The van der Waals surface area contributed by atoms with Gasteiger partial charge in [0.1, 0.15) is 5.75 Å². The van der Waals surface area contributed by atoms with Gasteiger partial charge in [-0.05, 0) is 46.5 Å². The lowest BCUT2D eigenvalue weighted by atomic mass is 9.64. The molecular formula is C12H10BrF3O3. The number of halogens is 4. The molecule has 3 nitrogen and oxygen atoms in total. The van der Waals surface area contributed by atoms with Crippen molar-refractivity contribution in [3.05, 3.63) is 27.7 Å². The van der Waals surface area contributed by atoms with E-state index < -0.39 is 28.9 Å². The first-order valence-corrected chi connectivity index (χ1v) is 6.31. The molecule has 0 atom stereocenters. The number of hydrogen-bond donors (Lipinski definition) is 2. The third-order valence-corrected chi connectivity index (χ3v) is 4.14. The van der Waals surface area contributed by atoms with Crippen molar-refractivity contribution in [2.45, 2.75) is 30.9 Å². The van der Waals surface area contributed by atoms with Crippen LogP contribution >= 0.6 is 15.9 Å². The highest BCUT2D eigenvalue weighted by molar-refractivity contribution is 9.10. The van der Waals surface area contributed by atoms with Crippen LogP contribution in [-0.4, -0.2) is 16.2 Å². The Kier molecular flexibility index (Phi) is 3.28. The lowest BCUT2D eigenvalue weighted by Crippen LogP contribution is -2.42. The summed E-state index contributed by atoms with van der Waals surface area (Å²) in [6.45, 7) is 0. The largest absolute Gasteiger partial charge is 0.506 e. The van der Waals surface area contributed by atoms with Crippen LogP contribution < -0.4 is 0 Å². The van der Waals surface area contributed by atoms with E-state index in [9.17, 15) is 28.2 Å². The summed E-state index contributed by atoms with van der Waals surface area (Å²) in [5, 5.41) is 18.7. The van der Waals surface area contributed by atoms with Crippen LogP contribution in [0.5, 0.6) is 5.75 Å². The zero-order valence-electron chi connectivity index (χ0n) is 9.59. The summed E-state index contributed by atoms with van der Waals surface area (Å²) in [4.78, 5) is 11.3. The summed E-state index contributed by atoms with van der Waals surface area (Å²) in [6, 6.07) is 1.98. The molecule has 7 heteroatoms. The van der Waals surface area contributed by atoms with Crippen molar-refractivity contribution in [2.75, 3.05) is 0 Å². The summed E-state index contributed by atoms with van der Waals surface area (Å²) in [5.74, 6) is -2.06. The zero-order chi connectivity index (χ0) is 14.4. The average molecular weight is 339 g/mol. The quantitative estimate of drug-likeness (QED) is 0.864. The molecule has 0 saturated heterocycles. The Bertz CT molecular complexity index is 536. The van der Waals surface area contributed by atoms with Gasteiger partial charge in [0.25, 0.3) is 0 Å². The van der Waals surface area contributed by atoms with E-state index in [-0.39, 0.29) is 10.0 Å². The maximum Gasteiger partial charge on any atom is 0.420 e. The number of rotatable bonds is 2. The van der Waals surface area contributed by atoms with Crippen LogP contribution in [0.3, 0.4) is 0 Å². The third-order valence-electron chi connectivity index (χ3n) is 3.54. The molecule has 0 unspecified atom stereocenters. The zero-order valence-corrected chi connectivity index (χ0v) is 11.2. The second-order valence-corrected chi connectivity index (χ2v) is 5.45. The maximum absolute atomic E-state index is 12.8. The van der Waals surface area contributed by atoms with E-state index in [1.807, 2.05) is 0 Å². The van der Waals surface area contributed by atoms with Crippen molar-refractivity contribution in [1.82, 2.24) is 0 Å². The minimum absolute atomic E-state index is 0.0725. The Morgan fingerprint density at radius 1 is 1.32 bits per heavy atom. The second-order valence-electron chi connectivity index (χ2n) is 4.59. The van der Waals surface area contributed by atoms with Crippen LogP contribution in [0, 0.1) is 0 Å². The van der Waals surface area contributed by atoms with Crippen LogP contribution in [0.1, 0.15) is 30.4 Å². The predicted octanol–water partition coefficient (Wildman–Crippen LogP) is 3.68. The minimum Gasteiger partial charge on any atom is -0.506 e. The van der Waals surface area contributed by atoms with Crippen molar-refractivity contribution >= 4 is 21.9 Å². The Hall–Kier alpha value is -1.24. The second kappa shape index (κ2) is 4.40. The molecule has 0 aliphatic heterocycles. The van der Waals surface area contributed by atoms with E-state index >= 15 is 0 Å². The van der Waals surface area contributed by atoms with Gasteiger partial charge in [0.2, 0.25) is 0 Å². The number of phenols is 1. The van der Waals surface area contributed by atoms with Crippen molar-refractivity contribution < 1.29 is 28.2 Å². The van der Waals surface area contributed by atoms with E-state index in [4.69, 9.17) is 0 Å². The van der Waals surface area contributed by atoms with Crippen LogP contribution in [0.25, 0.3) is 0 Å². The van der Waals surface area contributed by atoms with Crippen LogP contribution in [0.4, 0.5) is 13.2 Å². The number of phenolic OH excluding ortho intramolecular Hbond substituents is 1. The third kappa shape index (κ3) is 2.20. The summed E-state index contributed by atoms with van der Waals surface area (Å²) >= 11 is 2.84. The van der Waals surface area contributed by atoms with Gasteiger partial charge in [0, 0.05) is 0 Å². The van der Waals surface area contributed by atoms with Crippen LogP contribution in [-0.2, 0) is 16.4 Å². The Morgan fingerprint density at radius 3 is 2.26 bits per heavy atom. The van der Waals surface area contributed by atoms with E-state index in [1.165, 1.54) is 6.07 Å². The highest BCUT2D eigenvalue weighted by Crippen LogP contribution is 2.48. The number of hydrogen-bond acceptors (Lipinski definition) is 2. The first-order chi connectivity index (χ1) is 8.68. The first kappa shape index (κ1) is 14.2. The topological polar surface area (TPSA) is 57.5 Å². The summed E-state index contributed by atoms with van der Waals surface area (Å²) < 4.78 is 38.2. The SMILES string of the molecule is O=C(O)C1(c2cc(Br)c(O)c(C(F)(F)F)c2)CCC1. The summed E-state index contributed by atoms with van der Waals surface area (Å²) in [5.41, 5.74) is -2.41. The van der Waals surface area contributed by atoms with Crippen molar-refractivity contribution in [2.24, 2.45) is 0 Å². The fraction of sp³-hybridized carbons (Fsp3) is 0.417. The van der Waals surface area contributed by atoms with Crippen LogP contribution in [0.2, 0.25) is 0 Å². The number of aromatic hydroxyl groups is 1. The van der Waals surface area contributed by atoms with E-state index in [0.717, 1.165) is 6.07 Å². The fourth-order valence-electron chi connectivity index (χ4n) is 2.25. The minimum atomic E-state index is -4.73. The van der Waals surface area contributed by atoms with Gasteiger partial charge in [0.15, 0.2) is 0 Å². The molecule has 1 fully saturated rings. The smallest absolute Gasteiger partial charge is 0.420 e. The Morgan fingerprint density at radius 2 is 1.89 bits per heavy atom. The molecule has 2 N–H and O–H groups in total. The van der Waals surface area contributed by atoms with Crippen molar-refractivity contribution in [3.63, 3.8) is 0 Å². The lowest BCUT2D eigenvalue weighted by molar-refractivity contribution is -0.148. The predicted molar refractivity (Wildman–Crippen MR) is 64.0 cm³/mol. The van der Waals surface area contributed by atoms with Gasteiger partial charge in [-0.2, -0.15) is 13.2 Å². The summed E-state index contributed by atoms with van der Waals surface area (Å²) in [7, 11) is 0. The van der Waals surface area contributed by atoms with Gasteiger partial charge in [-0.1, -0.05) is 6.42 Å². The number of carboxylic acids is 1. The first-order valence-electron chi connectivity index (χ1n) is 5.52. The van der Waals surface area contributed by atoms with Gasteiger partial charge >= 0.3 is 12.1 Å². The van der Waals surface area contributed by atoms with Crippen LogP contribution in [0.15, 0.2) is 16.6 Å². The molecule has 1 aliphatic rings. The standard InChI is InChI=1S/C12H10BrF3O3/c13-8-5-6(11(10(18)19)2-1-3-11)4-7(9(8)17)12(14,15)16/h4-5,17H,1-3H2,(H,18,19). The molecule has 1 saturated carbocycles. The Labute approximate surface area is 115 Å². The number of carboxylic acid groups (broad SMARTS) is 1. The van der Waals surface area contributed by atoms with Gasteiger partial charge in [-0.15, -0.1) is 0 Å². The van der Waals surface area contributed by atoms with Crippen molar-refractivity contribution in [1.29, 1.82) is 0 Å². The molecule has 0 aromatic heterocycles. The van der Waals surface area contributed by atoms with E-state index in [0.29, 0.717) is 19.3 Å². The monoisotopic (exact) mass is 338 g/mol. The molecule has 0 heterocycles. The molecule has 1 aliphatic carbocycles. The number of benzene rings is 1. The van der Waals surface area contributed by atoms with Crippen molar-refractivity contribution in [3.8, 4) is 5.75 Å². The van der Waals surface area contributed by atoms with Gasteiger partial charge in [0.05, 0.1) is 15.5 Å². The Balaban J connectivity index is 2.60. The van der Waals surface area contributed by atoms with Gasteiger partial charge in [-0.3, -0.25) is 4.79 Å². The molecule has 0 amide bonds. The van der Waals surface area contributed by atoms with E-state index in [2.05, 4.69) is 15.9 Å². The molecule has 104 valence electrons. The fourth-order valence-corrected chi connectivity index (χ4v) is 2.71. The highest BCUT2D eigenvalue weighted by Gasteiger charge is 2.47. The molecule has 1 aromatic rings. The van der Waals surface area contributed by atoms with Gasteiger partial charge < -0.3 is 10.2 Å². The molecular weight excluding hydrogens is 329 g/mol. The average Bonchev–Trinajstić information content (AvgIpc) is 2.18. The maximum atomic E-state index is 12.8. The molecule has 2 rings (SSSR count). The molecule has 0 radical (unpaired) electrons. The normalized spacial score (nSPS) is 17.9. The lowest BCUT2D eigenvalue weighted by Gasteiger charge is -2.38. The molecule has 19 heavy (non-hydrogen) atoms. The molecule has 0 spiro atoms. The molecule has 1 aromatic carbocycles. The number of alkyl halides is 3. The van der Waals surface area contributed by atoms with Gasteiger partial charge in [-0.25, -0.2) is 0 Å². The highest BCUT2D eigenvalue weighted by atomic mass is 79.9. The van der Waals surface area contributed by atoms with E-state index in [1.54, 1.807) is 0 Å². The number of carbonyl (C=O) groups is 1.